The predicted octanol–water partition coefficient (Wildman–Crippen LogP) is 1.30. The van der Waals surface area contributed by atoms with Gasteiger partial charge in [0.2, 0.25) is 0 Å². The van der Waals surface area contributed by atoms with Crippen molar-refractivity contribution < 1.29 is 15.0 Å². The van der Waals surface area contributed by atoms with Gasteiger partial charge in [0.05, 0.1) is 0 Å². The number of aromatic hydroxyl groups is 1. The molecule has 2 rings (SSSR count). The van der Waals surface area contributed by atoms with Crippen LogP contribution in [0.1, 0.15) is 17.0 Å². The summed E-state index contributed by atoms with van der Waals surface area (Å²) in [6.45, 7) is 0.451. The lowest BCUT2D eigenvalue weighted by atomic mass is 9.77. The monoisotopic (exact) mass is 193 g/mol. The van der Waals surface area contributed by atoms with Crippen molar-refractivity contribution in [3.05, 3.63) is 29.3 Å². The number of benzene rings is 1. The molecule has 14 heavy (non-hydrogen) atoms. The van der Waals surface area contributed by atoms with E-state index in [1.165, 1.54) is 0 Å². The molecule has 3 N–H and O–H groups in total. The fraction of sp³-hybridized carbons (Fsp3) is 0.300. The van der Waals surface area contributed by atoms with Crippen LogP contribution in [0.2, 0.25) is 0 Å². The van der Waals surface area contributed by atoms with Crippen LogP contribution in [0, 0.1) is 0 Å². The maximum Gasteiger partial charge on any atom is 0.404 e. The van der Waals surface area contributed by atoms with Crippen molar-refractivity contribution in [2.45, 2.75) is 12.3 Å². The zero-order valence-corrected chi connectivity index (χ0v) is 7.53. The third-order valence-corrected chi connectivity index (χ3v) is 2.53. The molecule has 0 heterocycles. The Morgan fingerprint density at radius 3 is 3.00 bits per heavy atom. The lowest BCUT2D eigenvalue weighted by molar-refractivity contribution is 0.193. The molecule has 0 bridgehead atoms. The van der Waals surface area contributed by atoms with Crippen molar-refractivity contribution in [3.63, 3.8) is 0 Å². The zero-order valence-electron chi connectivity index (χ0n) is 7.53. The van der Waals surface area contributed by atoms with E-state index in [9.17, 15) is 4.79 Å². The number of hydrogen-bond acceptors (Lipinski definition) is 2. The maximum absolute atomic E-state index is 10.3. The van der Waals surface area contributed by atoms with E-state index in [1.54, 1.807) is 12.1 Å². The van der Waals surface area contributed by atoms with Crippen LogP contribution < -0.4 is 5.32 Å². The van der Waals surface area contributed by atoms with Crippen LogP contribution in [-0.4, -0.2) is 22.9 Å². The van der Waals surface area contributed by atoms with Crippen molar-refractivity contribution >= 4 is 6.09 Å². The van der Waals surface area contributed by atoms with Crippen LogP contribution in [0.25, 0.3) is 0 Å². The molecule has 1 atom stereocenters. The lowest BCUT2D eigenvalue weighted by Crippen LogP contribution is -2.32. The molecule has 0 saturated carbocycles. The summed E-state index contributed by atoms with van der Waals surface area (Å²) >= 11 is 0. The second kappa shape index (κ2) is 3.21. The average molecular weight is 193 g/mol. The van der Waals surface area contributed by atoms with E-state index in [-0.39, 0.29) is 11.7 Å². The number of carboxylic acid groups (broad SMARTS) is 1. The normalized spacial score (nSPS) is 18.1. The van der Waals surface area contributed by atoms with Gasteiger partial charge in [-0.3, -0.25) is 0 Å². The van der Waals surface area contributed by atoms with Gasteiger partial charge in [-0.1, -0.05) is 6.07 Å². The van der Waals surface area contributed by atoms with Crippen LogP contribution in [0.3, 0.4) is 0 Å². The number of hydrogen-bond donors (Lipinski definition) is 3. The van der Waals surface area contributed by atoms with Gasteiger partial charge in [0.15, 0.2) is 0 Å². The van der Waals surface area contributed by atoms with Crippen LogP contribution in [0.5, 0.6) is 5.75 Å². The second-order valence-corrected chi connectivity index (χ2v) is 3.47. The minimum absolute atomic E-state index is 0.265. The summed E-state index contributed by atoms with van der Waals surface area (Å²) < 4.78 is 0. The Bertz CT molecular complexity index is 376. The first kappa shape index (κ1) is 8.87. The second-order valence-electron chi connectivity index (χ2n) is 3.47. The first-order valence-electron chi connectivity index (χ1n) is 4.45. The Hall–Kier alpha value is -1.71. The van der Waals surface area contributed by atoms with Gasteiger partial charge in [0, 0.05) is 12.5 Å². The molecular formula is C10H11NO3. The highest BCUT2D eigenvalue weighted by atomic mass is 16.4. The summed E-state index contributed by atoms with van der Waals surface area (Å²) in [6.07, 6.45) is -0.151. The molecule has 1 amide bonds. The van der Waals surface area contributed by atoms with Crippen LogP contribution in [0.15, 0.2) is 18.2 Å². The van der Waals surface area contributed by atoms with Gasteiger partial charge in [-0.2, -0.15) is 0 Å². The summed E-state index contributed by atoms with van der Waals surface area (Å²) in [5.74, 6) is 0.537. The highest BCUT2D eigenvalue weighted by Crippen LogP contribution is 2.36. The van der Waals surface area contributed by atoms with Crippen LogP contribution in [0.4, 0.5) is 4.79 Å². The maximum atomic E-state index is 10.3. The van der Waals surface area contributed by atoms with Gasteiger partial charge in [-0.25, -0.2) is 4.79 Å². The summed E-state index contributed by atoms with van der Waals surface area (Å²) in [7, 11) is 0. The number of phenolic OH excluding ortho intramolecular Hbond substituents is 1. The summed E-state index contributed by atoms with van der Waals surface area (Å²) in [4.78, 5) is 10.3. The van der Waals surface area contributed by atoms with Gasteiger partial charge in [-0.15, -0.1) is 0 Å². The number of phenols is 1. The van der Waals surface area contributed by atoms with Gasteiger partial charge >= 0.3 is 6.09 Å². The van der Waals surface area contributed by atoms with E-state index in [0.717, 1.165) is 17.5 Å². The number of fused-ring (bicyclic) bond motifs is 1. The zero-order chi connectivity index (χ0) is 10.1. The quantitative estimate of drug-likeness (QED) is 0.663. The standard InChI is InChI=1S/C10H11NO3/c12-8-1-2-9-6(4-8)3-7(9)5-11-10(13)14/h1-2,4,7,11-12H,3,5H2,(H,13,14). The highest BCUT2D eigenvalue weighted by Gasteiger charge is 2.26. The molecule has 1 aliphatic rings. The van der Waals surface area contributed by atoms with Crippen molar-refractivity contribution in [3.8, 4) is 5.75 Å². The summed E-state index contributed by atoms with van der Waals surface area (Å²) in [5.41, 5.74) is 2.25. The van der Waals surface area contributed by atoms with Crippen molar-refractivity contribution in [2.24, 2.45) is 0 Å². The molecule has 1 aromatic rings. The largest absolute Gasteiger partial charge is 0.508 e. The molecule has 1 aromatic carbocycles. The van der Waals surface area contributed by atoms with Crippen LogP contribution >= 0.6 is 0 Å². The van der Waals surface area contributed by atoms with Gasteiger partial charge in [0.25, 0.3) is 0 Å². The fourth-order valence-electron chi connectivity index (χ4n) is 1.80. The minimum atomic E-state index is -0.989. The smallest absolute Gasteiger partial charge is 0.404 e. The number of amides is 1. The van der Waals surface area contributed by atoms with Crippen molar-refractivity contribution in [1.82, 2.24) is 5.32 Å². The summed E-state index contributed by atoms with van der Waals surface area (Å²) in [6, 6.07) is 5.21. The lowest BCUT2D eigenvalue weighted by Gasteiger charge is -2.29. The number of nitrogens with one attached hydrogen (secondary N) is 1. The molecule has 0 radical (unpaired) electrons. The third-order valence-electron chi connectivity index (χ3n) is 2.53. The fourth-order valence-corrected chi connectivity index (χ4v) is 1.80. The number of carbonyl (C=O) groups is 1. The molecule has 0 saturated heterocycles. The topological polar surface area (TPSA) is 69.6 Å². The van der Waals surface area contributed by atoms with E-state index >= 15 is 0 Å². The van der Waals surface area contributed by atoms with Crippen molar-refractivity contribution in [1.29, 1.82) is 0 Å². The Morgan fingerprint density at radius 2 is 2.36 bits per heavy atom. The molecule has 0 aromatic heterocycles. The Labute approximate surface area is 81.2 Å². The van der Waals surface area contributed by atoms with Gasteiger partial charge in [-0.05, 0) is 29.7 Å². The van der Waals surface area contributed by atoms with Gasteiger partial charge < -0.3 is 15.5 Å². The summed E-state index contributed by atoms with van der Waals surface area (Å²) in [5, 5.41) is 19.9. The average Bonchev–Trinajstić information content (AvgIpc) is 2.08. The Kier molecular flexibility index (Phi) is 2.04. The molecule has 0 fully saturated rings. The van der Waals surface area contributed by atoms with Gasteiger partial charge in [0.1, 0.15) is 5.75 Å². The van der Waals surface area contributed by atoms with E-state index in [0.29, 0.717) is 6.54 Å². The third kappa shape index (κ3) is 1.51. The van der Waals surface area contributed by atoms with E-state index in [1.807, 2.05) is 6.07 Å². The van der Waals surface area contributed by atoms with E-state index < -0.39 is 6.09 Å². The molecule has 1 aliphatic carbocycles. The van der Waals surface area contributed by atoms with Crippen LogP contribution in [-0.2, 0) is 6.42 Å². The van der Waals surface area contributed by atoms with E-state index in [2.05, 4.69) is 5.32 Å². The molecule has 0 aliphatic heterocycles. The molecular weight excluding hydrogens is 182 g/mol. The highest BCUT2D eigenvalue weighted by molar-refractivity contribution is 5.64. The minimum Gasteiger partial charge on any atom is -0.508 e. The predicted molar refractivity (Wildman–Crippen MR) is 50.6 cm³/mol. The molecule has 1 unspecified atom stereocenters. The Morgan fingerprint density at radius 1 is 1.57 bits per heavy atom. The molecule has 0 spiro atoms. The van der Waals surface area contributed by atoms with Crippen molar-refractivity contribution in [2.75, 3.05) is 6.54 Å². The number of rotatable bonds is 2. The molecule has 4 heteroatoms. The SMILES string of the molecule is O=C(O)NCC1Cc2cc(O)ccc21. The molecule has 74 valence electrons. The first-order chi connectivity index (χ1) is 6.66. The first-order valence-corrected chi connectivity index (χ1v) is 4.45. The van der Waals surface area contributed by atoms with E-state index in [4.69, 9.17) is 10.2 Å². The molecule has 4 nitrogen and oxygen atoms in total. The Balaban J connectivity index is 2.02.